The fraction of sp³-hybridized carbons (Fsp3) is 0.611. The molecule has 22 heavy (non-hydrogen) atoms. The fourth-order valence-corrected chi connectivity index (χ4v) is 3.59. The van der Waals surface area contributed by atoms with Crippen molar-refractivity contribution < 1.29 is 4.79 Å². The minimum Gasteiger partial charge on any atom is -0.368 e. The van der Waals surface area contributed by atoms with E-state index in [0.717, 1.165) is 32.6 Å². The third kappa shape index (κ3) is 3.54. The molecule has 0 unspecified atom stereocenters. The van der Waals surface area contributed by atoms with Gasteiger partial charge in [0.25, 0.3) is 0 Å². The van der Waals surface area contributed by atoms with E-state index < -0.39 is 0 Å². The van der Waals surface area contributed by atoms with Crippen LogP contribution in [0.5, 0.6) is 0 Å². The Morgan fingerprint density at radius 3 is 2.41 bits per heavy atom. The van der Waals surface area contributed by atoms with Crippen LogP contribution in [-0.4, -0.2) is 43.2 Å². The maximum absolute atomic E-state index is 12.5. The van der Waals surface area contributed by atoms with Crippen LogP contribution < -0.4 is 10.2 Å². The SMILES string of the molecule is C[C@@H]1CCCC[C@@H]1NC(=O)N1CCN(c2ccccc2)CC1. The van der Waals surface area contributed by atoms with Crippen LogP contribution in [0.2, 0.25) is 0 Å². The number of benzene rings is 1. The number of para-hydroxylation sites is 1. The number of carbonyl (C=O) groups is 1. The fourth-order valence-electron chi connectivity index (χ4n) is 3.59. The second-order valence-corrected chi connectivity index (χ2v) is 6.63. The number of carbonyl (C=O) groups excluding carboxylic acids is 1. The van der Waals surface area contributed by atoms with Crippen LogP contribution in [0.15, 0.2) is 30.3 Å². The number of nitrogens with one attached hydrogen (secondary N) is 1. The Bertz CT molecular complexity index is 482. The molecule has 0 aromatic heterocycles. The summed E-state index contributed by atoms with van der Waals surface area (Å²) in [7, 11) is 0. The largest absolute Gasteiger partial charge is 0.368 e. The van der Waals surface area contributed by atoms with Crippen molar-refractivity contribution in [2.24, 2.45) is 5.92 Å². The van der Waals surface area contributed by atoms with Crippen molar-refractivity contribution in [1.82, 2.24) is 10.2 Å². The molecule has 1 aliphatic heterocycles. The van der Waals surface area contributed by atoms with Crippen LogP contribution in [0.4, 0.5) is 10.5 Å². The zero-order valence-electron chi connectivity index (χ0n) is 13.5. The smallest absolute Gasteiger partial charge is 0.317 e. The van der Waals surface area contributed by atoms with E-state index in [2.05, 4.69) is 41.4 Å². The molecular weight excluding hydrogens is 274 g/mol. The van der Waals surface area contributed by atoms with Gasteiger partial charge in [-0.15, -0.1) is 0 Å². The first-order valence-electron chi connectivity index (χ1n) is 8.59. The summed E-state index contributed by atoms with van der Waals surface area (Å²) < 4.78 is 0. The number of piperazine rings is 1. The van der Waals surface area contributed by atoms with Crippen LogP contribution in [0.25, 0.3) is 0 Å². The highest BCUT2D eigenvalue weighted by molar-refractivity contribution is 5.75. The quantitative estimate of drug-likeness (QED) is 0.911. The molecule has 0 spiro atoms. The molecule has 1 N–H and O–H groups in total. The Labute approximate surface area is 133 Å². The molecule has 1 aliphatic carbocycles. The number of rotatable bonds is 2. The van der Waals surface area contributed by atoms with Crippen molar-refractivity contribution in [3.8, 4) is 0 Å². The lowest BCUT2D eigenvalue weighted by atomic mass is 9.86. The van der Waals surface area contributed by atoms with Crippen LogP contribution in [-0.2, 0) is 0 Å². The van der Waals surface area contributed by atoms with Gasteiger partial charge in [0.05, 0.1) is 0 Å². The number of amides is 2. The highest BCUT2D eigenvalue weighted by atomic mass is 16.2. The van der Waals surface area contributed by atoms with E-state index in [1.54, 1.807) is 0 Å². The maximum atomic E-state index is 12.5. The van der Waals surface area contributed by atoms with E-state index in [1.165, 1.54) is 24.9 Å². The van der Waals surface area contributed by atoms with Crippen LogP contribution in [0, 0.1) is 5.92 Å². The van der Waals surface area contributed by atoms with Gasteiger partial charge in [-0.2, -0.15) is 0 Å². The molecule has 3 rings (SSSR count). The Morgan fingerprint density at radius 2 is 1.73 bits per heavy atom. The summed E-state index contributed by atoms with van der Waals surface area (Å²) in [4.78, 5) is 16.8. The first-order valence-corrected chi connectivity index (χ1v) is 8.59. The summed E-state index contributed by atoms with van der Waals surface area (Å²) in [6.45, 7) is 5.70. The minimum atomic E-state index is 0.131. The monoisotopic (exact) mass is 301 g/mol. The molecular formula is C18H27N3O. The summed E-state index contributed by atoms with van der Waals surface area (Å²) in [5.41, 5.74) is 1.25. The van der Waals surface area contributed by atoms with Gasteiger partial charge < -0.3 is 15.1 Å². The van der Waals surface area contributed by atoms with Gasteiger partial charge in [-0.25, -0.2) is 4.79 Å². The van der Waals surface area contributed by atoms with E-state index in [4.69, 9.17) is 0 Å². The van der Waals surface area contributed by atoms with Crippen molar-refractivity contribution in [3.63, 3.8) is 0 Å². The molecule has 4 nitrogen and oxygen atoms in total. The van der Waals surface area contributed by atoms with Crippen LogP contribution in [0.3, 0.4) is 0 Å². The zero-order chi connectivity index (χ0) is 15.4. The van der Waals surface area contributed by atoms with Gasteiger partial charge in [0.15, 0.2) is 0 Å². The normalized spacial score (nSPS) is 25.9. The summed E-state index contributed by atoms with van der Waals surface area (Å²) in [6.07, 6.45) is 4.93. The van der Waals surface area contributed by atoms with Gasteiger partial charge in [-0.1, -0.05) is 38.0 Å². The Hall–Kier alpha value is -1.71. The van der Waals surface area contributed by atoms with Crippen LogP contribution >= 0.6 is 0 Å². The Morgan fingerprint density at radius 1 is 1.05 bits per heavy atom. The van der Waals surface area contributed by atoms with Crippen molar-refractivity contribution in [1.29, 1.82) is 0 Å². The molecule has 1 saturated heterocycles. The molecule has 0 radical (unpaired) electrons. The number of nitrogens with zero attached hydrogens (tertiary/aromatic N) is 2. The van der Waals surface area contributed by atoms with E-state index in [9.17, 15) is 4.79 Å². The minimum absolute atomic E-state index is 0.131. The molecule has 2 amide bonds. The molecule has 120 valence electrons. The van der Waals surface area contributed by atoms with Gasteiger partial charge in [0, 0.05) is 37.9 Å². The summed E-state index contributed by atoms with van der Waals surface area (Å²) >= 11 is 0. The molecule has 0 bridgehead atoms. The van der Waals surface area contributed by atoms with E-state index in [1.807, 2.05) is 11.0 Å². The second-order valence-electron chi connectivity index (χ2n) is 6.63. The lowest BCUT2D eigenvalue weighted by molar-refractivity contribution is 0.179. The summed E-state index contributed by atoms with van der Waals surface area (Å²) in [5.74, 6) is 0.614. The number of anilines is 1. The van der Waals surface area contributed by atoms with Gasteiger partial charge in [0.1, 0.15) is 0 Å². The van der Waals surface area contributed by atoms with Crippen molar-refractivity contribution >= 4 is 11.7 Å². The Balaban J connectivity index is 1.49. The first-order chi connectivity index (χ1) is 10.7. The summed E-state index contributed by atoms with van der Waals surface area (Å²) in [5, 5.41) is 3.26. The van der Waals surface area contributed by atoms with Crippen molar-refractivity contribution in [2.75, 3.05) is 31.1 Å². The van der Waals surface area contributed by atoms with E-state index >= 15 is 0 Å². The zero-order valence-corrected chi connectivity index (χ0v) is 13.5. The highest BCUT2D eigenvalue weighted by Gasteiger charge is 2.26. The average Bonchev–Trinajstić information content (AvgIpc) is 2.58. The van der Waals surface area contributed by atoms with Crippen molar-refractivity contribution in [3.05, 3.63) is 30.3 Å². The Kier molecular flexibility index (Phi) is 4.86. The lowest BCUT2D eigenvalue weighted by Crippen LogP contribution is -2.54. The van der Waals surface area contributed by atoms with Crippen LogP contribution in [0.1, 0.15) is 32.6 Å². The number of hydrogen-bond donors (Lipinski definition) is 1. The van der Waals surface area contributed by atoms with Gasteiger partial charge in [-0.05, 0) is 30.9 Å². The summed E-state index contributed by atoms with van der Waals surface area (Å²) in [6, 6.07) is 11.0. The first kappa shape index (κ1) is 15.2. The van der Waals surface area contributed by atoms with Crippen molar-refractivity contribution in [2.45, 2.75) is 38.6 Å². The molecule has 1 heterocycles. The van der Waals surface area contributed by atoms with E-state index in [0.29, 0.717) is 12.0 Å². The number of hydrogen-bond acceptors (Lipinski definition) is 2. The lowest BCUT2D eigenvalue weighted by Gasteiger charge is -2.38. The predicted octanol–water partition coefficient (Wildman–Crippen LogP) is 3.10. The molecule has 1 aromatic carbocycles. The van der Waals surface area contributed by atoms with Gasteiger partial charge in [0.2, 0.25) is 0 Å². The van der Waals surface area contributed by atoms with Gasteiger partial charge >= 0.3 is 6.03 Å². The third-order valence-electron chi connectivity index (χ3n) is 5.11. The maximum Gasteiger partial charge on any atom is 0.317 e. The molecule has 4 heteroatoms. The number of urea groups is 1. The molecule has 1 aromatic rings. The molecule has 2 aliphatic rings. The predicted molar refractivity (Wildman–Crippen MR) is 90.2 cm³/mol. The highest BCUT2D eigenvalue weighted by Crippen LogP contribution is 2.24. The second kappa shape index (κ2) is 7.03. The molecule has 2 atom stereocenters. The van der Waals surface area contributed by atoms with Gasteiger partial charge in [-0.3, -0.25) is 0 Å². The average molecular weight is 301 g/mol. The molecule has 1 saturated carbocycles. The standard InChI is InChI=1S/C18H27N3O/c1-15-7-5-6-10-17(15)19-18(22)21-13-11-20(12-14-21)16-8-3-2-4-9-16/h2-4,8-9,15,17H,5-7,10-14H2,1H3,(H,19,22)/t15-,17+/m1/s1. The van der Waals surface area contributed by atoms with E-state index in [-0.39, 0.29) is 6.03 Å². The topological polar surface area (TPSA) is 35.6 Å². The third-order valence-corrected chi connectivity index (χ3v) is 5.11. The molecule has 2 fully saturated rings.